The number of hydrogen-bond acceptors (Lipinski definition) is 16. The molecule has 2 aromatic carbocycles. The van der Waals surface area contributed by atoms with Crippen LogP contribution in [0.2, 0.25) is 0 Å². The first kappa shape index (κ1) is 51.0. The molecule has 0 saturated carbocycles. The second kappa shape index (κ2) is 25.1. The van der Waals surface area contributed by atoms with E-state index < -0.39 is 27.7 Å². The Hall–Kier alpha value is -4.37. The number of likely N-dealkylation sites (tertiary alicyclic amines) is 1. The SMILES string of the molecule is CCOC(=O)CC1(C(=O)OCC)CCN(CC2CN(CCN3CCN(Cc4ccccc4)CC3)C(=O)O2)CC1.CS(=O)(=O)OCC1CN(CCN2CCN(Cc3ccccc3)CC2)C(=O)O1. The van der Waals surface area contributed by atoms with Crippen LogP contribution in [-0.2, 0) is 55.9 Å². The summed E-state index contributed by atoms with van der Waals surface area (Å²) in [4.78, 5) is 64.8. The molecule has 5 heterocycles. The quantitative estimate of drug-likeness (QED) is 0.108. The summed E-state index contributed by atoms with van der Waals surface area (Å²) in [5.41, 5.74) is 1.83. The van der Waals surface area contributed by atoms with Gasteiger partial charge in [0.15, 0.2) is 0 Å². The zero-order valence-electron chi connectivity index (χ0n) is 39.1. The monoisotopic (exact) mass is 941 g/mol. The van der Waals surface area contributed by atoms with Crippen molar-refractivity contribution < 1.29 is 50.7 Å². The van der Waals surface area contributed by atoms with Gasteiger partial charge in [0.2, 0.25) is 0 Å². The average Bonchev–Trinajstić information content (AvgIpc) is 3.85. The summed E-state index contributed by atoms with van der Waals surface area (Å²) in [6.45, 7) is 19.7. The molecule has 2 amide bonds. The topological polar surface area (TPSA) is 171 Å². The molecule has 5 aliphatic rings. The molecule has 0 N–H and O–H groups in total. The first-order valence-corrected chi connectivity index (χ1v) is 25.4. The van der Waals surface area contributed by atoms with E-state index in [0.717, 1.165) is 84.8 Å². The van der Waals surface area contributed by atoms with Crippen LogP contribution in [0.4, 0.5) is 9.59 Å². The third kappa shape index (κ3) is 16.2. The Bertz CT molecular complexity index is 1940. The highest BCUT2D eigenvalue weighted by molar-refractivity contribution is 7.85. The maximum absolute atomic E-state index is 12.8. The Kier molecular flexibility index (Phi) is 19.4. The van der Waals surface area contributed by atoms with Crippen LogP contribution in [0.15, 0.2) is 60.7 Å². The standard InChI is InChI=1S/C29H44N4O6.C18H27N3O5S/c1-3-37-26(34)20-29(27(35)38-4-2)10-12-31(13-11-29)22-25-23-33(28(36)39-25)19-18-30-14-16-32(17-15-30)21-24-8-6-5-7-9-24;1-27(23,24)25-15-17-14-21(18(22)26-17)12-11-19-7-9-20(10-8-19)13-16-5-3-2-4-6-16/h5-9,25H,3-4,10-23H2,1-2H3;2-6,17H,7-15H2,1H3. The van der Waals surface area contributed by atoms with Crippen molar-refractivity contribution >= 4 is 34.2 Å². The van der Waals surface area contributed by atoms with Gasteiger partial charge in [-0.1, -0.05) is 60.7 Å². The minimum absolute atomic E-state index is 0.0419. The number of cyclic esters (lactones) is 2. The van der Waals surface area contributed by atoms with Crippen molar-refractivity contribution in [3.8, 4) is 0 Å². The van der Waals surface area contributed by atoms with Crippen molar-refractivity contribution in [3.63, 3.8) is 0 Å². The number of esters is 2. The lowest BCUT2D eigenvalue weighted by atomic mass is 9.75. The maximum Gasteiger partial charge on any atom is 0.410 e. The summed E-state index contributed by atoms with van der Waals surface area (Å²) >= 11 is 0. The minimum atomic E-state index is -3.53. The van der Waals surface area contributed by atoms with Crippen LogP contribution in [0.25, 0.3) is 0 Å². The third-order valence-electron chi connectivity index (χ3n) is 12.9. The van der Waals surface area contributed by atoms with Gasteiger partial charge in [-0.3, -0.25) is 38.3 Å². The molecule has 2 atom stereocenters. The van der Waals surface area contributed by atoms with Gasteiger partial charge in [-0.15, -0.1) is 0 Å². The van der Waals surface area contributed by atoms with Gasteiger partial charge in [0.1, 0.15) is 18.8 Å². The predicted molar refractivity (Wildman–Crippen MR) is 247 cm³/mol. The van der Waals surface area contributed by atoms with Gasteiger partial charge in [-0.2, -0.15) is 8.42 Å². The van der Waals surface area contributed by atoms with Crippen molar-refractivity contribution in [2.24, 2.45) is 5.41 Å². The van der Waals surface area contributed by atoms with E-state index in [0.29, 0.717) is 58.7 Å². The minimum Gasteiger partial charge on any atom is -0.466 e. The maximum atomic E-state index is 12.8. The third-order valence-corrected chi connectivity index (χ3v) is 13.5. The summed E-state index contributed by atoms with van der Waals surface area (Å²) in [6.07, 6.45) is 0.688. The molecule has 0 aliphatic carbocycles. The van der Waals surface area contributed by atoms with Crippen LogP contribution in [0, 0.1) is 5.41 Å². The summed E-state index contributed by atoms with van der Waals surface area (Å²) in [6, 6.07) is 21.0. The van der Waals surface area contributed by atoms with Crippen LogP contribution in [-0.4, -0.2) is 216 Å². The number of carbonyl (C=O) groups is 4. The van der Waals surface area contributed by atoms with E-state index in [1.807, 2.05) is 17.0 Å². The second-order valence-corrected chi connectivity index (χ2v) is 19.5. The molecule has 0 radical (unpaired) electrons. The first-order valence-electron chi connectivity index (χ1n) is 23.6. The number of piperidine rings is 1. The van der Waals surface area contributed by atoms with Crippen molar-refractivity contribution in [2.75, 3.05) is 137 Å². The van der Waals surface area contributed by atoms with Crippen molar-refractivity contribution in [1.29, 1.82) is 0 Å². The fourth-order valence-corrected chi connectivity index (χ4v) is 9.52. The zero-order chi connectivity index (χ0) is 46.9. The van der Waals surface area contributed by atoms with Gasteiger partial charge in [-0.05, 0) is 50.9 Å². The van der Waals surface area contributed by atoms with E-state index in [4.69, 9.17) is 23.1 Å². The predicted octanol–water partition coefficient (Wildman–Crippen LogP) is 2.82. The molecule has 19 heteroatoms. The number of ether oxygens (including phenoxy) is 4. The molecule has 66 heavy (non-hydrogen) atoms. The Morgan fingerprint density at radius 2 is 1.08 bits per heavy atom. The second-order valence-electron chi connectivity index (χ2n) is 17.9. The van der Waals surface area contributed by atoms with E-state index in [1.165, 1.54) is 11.1 Å². The van der Waals surface area contributed by atoms with Gasteiger partial charge in [0, 0.05) is 98.2 Å². The number of benzene rings is 2. The average molecular weight is 942 g/mol. The van der Waals surface area contributed by atoms with Crippen LogP contribution < -0.4 is 0 Å². The van der Waals surface area contributed by atoms with E-state index >= 15 is 0 Å². The number of piperazine rings is 2. The molecular formula is C47H71N7O11S. The largest absolute Gasteiger partial charge is 0.466 e. The van der Waals surface area contributed by atoms with Crippen LogP contribution in [0.1, 0.15) is 44.2 Å². The number of hydrogen-bond donors (Lipinski definition) is 0. The molecule has 5 aliphatic heterocycles. The van der Waals surface area contributed by atoms with Gasteiger partial charge >= 0.3 is 24.1 Å². The van der Waals surface area contributed by atoms with Crippen molar-refractivity contribution in [3.05, 3.63) is 71.8 Å². The normalized spacial score (nSPS) is 22.3. The van der Waals surface area contributed by atoms with Gasteiger partial charge in [0.05, 0.1) is 44.4 Å². The smallest absolute Gasteiger partial charge is 0.410 e. The highest BCUT2D eigenvalue weighted by atomic mass is 32.2. The Morgan fingerprint density at radius 3 is 1.55 bits per heavy atom. The van der Waals surface area contributed by atoms with Crippen LogP contribution in [0.3, 0.4) is 0 Å². The number of amides is 2. The molecule has 0 bridgehead atoms. The van der Waals surface area contributed by atoms with Gasteiger partial charge in [0.25, 0.3) is 10.1 Å². The molecule has 366 valence electrons. The van der Waals surface area contributed by atoms with E-state index in [2.05, 4.69) is 73.0 Å². The number of carbonyl (C=O) groups excluding carboxylic acids is 4. The van der Waals surface area contributed by atoms with E-state index in [9.17, 15) is 27.6 Å². The number of rotatable bonds is 20. The van der Waals surface area contributed by atoms with Crippen LogP contribution in [0.5, 0.6) is 0 Å². The fourth-order valence-electron chi connectivity index (χ4n) is 9.12. The van der Waals surface area contributed by atoms with Crippen molar-refractivity contribution in [1.82, 2.24) is 34.3 Å². The molecule has 18 nitrogen and oxygen atoms in total. The van der Waals surface area contributed by atoms with Gasteiger partial charge < -0.3 is 28.7 Å². The lowest BCUT2D eigenvalue weighted by Gasteiger charge is -2.39. The first-order chi connectivity index (χ1) is 31.8. The summed E-state index contributed by atoms with van der Waals surface area (Å²) < 4.78 is 48.1. The molecule has 2 unspecified atom stereocenters. The molecule has 2 aromatic rings. The molecule has 0 aromatic heterocycles. The summed E-state index contributed by atoms with van der Waals surface area (Å²) in [5, 5.41) is 0. The highest BCUT2D eigenvalue weighted by Crippen LogP contribution is 2.37. The zero-order valence-corrected chi connectivity index (χ0v) is 40.0. The Labute approximate surface area is 391 Å². The highest BCUT2D eigenvalue weighted by Gasteiger charge is 2.46. The lowest BCUT2D eigenvalue weighted by molar-refractivity contribution is -0.165. The molecule has 5 fully saturated rings. The van der Waals surface area contributed by atoms with Gasteiger partial charge in [-0.25, -0.2) is 9.59 Å². The molecule has 5 saturated heterocycles. The van der Waals surface area contributed by atoms with E-state index in [-0.39, 0.29) is 50.4 Å². The molecule has 7 rings (SSSR count). The summed E-state index contributed by atoms with van der Waals surface area (Å²) in [5.74, 6) is -0.686. The molecule has 0 spiro atoms. The lowest BCUT2D eigenvalue weighted by Crippen LogP contribution is -2.49. The molecular weight excluding hydrogens is 871 g/mol. The van der Waals surface area contributed by atoms with Crippen LogP contribution >= 0.6 is 0 Å². The summed E-state index contributed by atoms with van der Waals surface area (Å²) in [7, 11) is -3.53. The Balaban J connectivity index is 0.000000233. The van der Waals surface area contributed by atoms with E-state index in [1.54, 1.807) is 18.7 Å². The number of nitrogens with zero attached hydrogens (tertiary/aromatic N) is 7. The Morgan fingerprint density at radius 1 is 0.621 bits per heavy atom. The fraction of sp³-hybridized carbons (Fsp3) is 0.660. The van der Waals surface area contributed by atoms with Crippen molar-refractivity contribution in [2.45, 2.75) is 58.4 Å².